The molecule has 2 heterocycles. The highest BCUT2D eigenvalue weighted by atomic mass is 19.1. The van der Waals surface area contributed by atoms with Gasteiger partial charge < -0.3 is 14.8 Å². The molecule has 0 aromatic heterocycles. The zero-order chi connectivity index (χ0) is 17.4. The SMILES string of the molecule is COCCNC(=O)[C@@H]1CN(CC2CC2)[C@H]2c3cc(F)ccc3OC[C@@H]12. The van der Waals surface area contributed by atoms with Crippen LogP contribution in [0.15, 0.2) is 18.2 Å². The van der Waals surface area contributed by atoms with Crippen molar-refractivity contribution in [2.24, 2.45) is 17.8 Å². The van der Waals surface area contributed by atoms with Crippen molar-refractivity contribution in [3.05, 3.63) is 29.6 Å². The van der Waals surface area contributed by atoms with Gasteiger partial charge in [-0.15, -0.1) is 0 Å². The van der Waals surface area contributed by atoms with Gasteiger partial charge in [-0.3, -0.25) is 9.69 Å². The number of fused-ring (bicyclic) bond motifs is 3. The molecule has 0 unspecified atom stereocenters. The maximum absolute atomic E-state index is 13.8. The predicted octanol–water partition coefficient (Wildman–Crippen LogP) is 1.98. The van der Waals surface area contributed by atoms with E-state index in [1.54, 1.807) is 19.2 Å². The van der Waals surface area contributed by atoms with Crippen LogP contribution in [0.25, 0.3) is 0 Å². The van der Waals surface area contributed by atoms with Crippen LogP contribution < -0.4 is 10.1 Å². The summed E-state index contributed by atoms with van der Waals surface area (Å²) in [6.07, 6.45) is 2.51. The largest absolute Gasteiger partial charge is 0.493 e. The average molecular weight is 348 g/mol. The van der Waals surface area contributed by atoms with Crippen molar-refractivity contribution in [2.75, 3.05) is 40.0 Å². The third-order valence-electron chi connectivity index (χ3n) is 5.60. The Morgan fingerprint density at radius 1 is 1.44 bits per heavy atom. The molecule has 0 bridgehead atoms. The zero-order valence-electron chi connectivity index (χ0n) is 14.5. The standard InChI is InChI=1S/C19H25FN2O3/c1-24-7-6-21-19(23)15-10-22(9-12-2-3-12)18-14-8-13(20)4-5-17(14)25-11-16(15)18/h4-5,8,12,15-16,18H,2-3,6-7,9-11H2,1H3,(H,21,23)/t15-,16+,18+/m1/s1. The Morgan fingerprint density at radius 3 is 3.04 bits per heavy atom. The highest BCUT2D eigenvalue weighted by Crippen LogP contribution is 2.49. The van der Waals surface area contributed by atoms with Crippen molar-refractivity contribution in [2.45, 2.75) is 18.9 Å². The van der Waals surface area contributed by atoms with Gasteiger partial charge >= 0.3 is 0 Å². The van der Waals surface area contributed by atoms with Crippen LogP contribution in [0.4, 0.5) is 4.39 Å². The fourth-order valence-electron chi connectivity index (χ4n) is 4.20. The summed E-state index contributed by atoms with van der Waals surface area (Å²) in [6, 6.07) is 4.80. The van der Waals surface area contributed by atoms with Gasteiger partial charge in [0.1, 0.15) is 11.6 Å². The normalized spacial score (nSPS) is 28.2. The van der Waals surface area contributed by atoms with Crippen molar-refractivity contribution in [3.8, 4) is 5.75 Å². The molecule has 0 spiro atoms. The molecule has 0 radical (unpaired) electrons. The number of methoxy groups -OCH3 is 1. The first-order valence-electron chi connectivity index (χ1n) is 9.10. The molecular weight excluding hydrogens is 323 g/mol. The first kappa shape index (κ1) is 16.8. The van der Waals surface area contributed by atoms with Crippen LogP contribution in [0.2, 0.25) is 0 Å². The van der Waals surface area contributed by atoms with Gasteiger partial charge in [0, 0.05) is 44.3 Å². The molecule has 4 rings (SSSR count). The van der Waals surface area contributed by atoms with Crippen LogP contribution in [0.1, 0.15) is 24.4 Å². The monoisotopic (exact) mass is 348 g/mol. The van der Waals surface area contributed by atoms with Gasteiger partial charge in [0.05, 0.1) is 19.1 Å². The summed E-state index contributed by atoms with van der Waals surface area (Å²) in [4.78, 5) is 15.1. The number of hydrogen-bond acceptors (Lipinski definition) is 4. The van der Waals surface area contributed by atoms with Crippen molar-refractivity contribution >= 4 is 5.91 Å². The summed E-state index contributed by atoms with van der Waals surface area (Å²) >= 11 is 0. The molecular formula is C19H25FN2O3. The van der Waals surface area contributed by atoms with E-state index in [2.05, 4.69) is 10.2 Å². The predicted molar refractivity (Wildman–Crippen MR) is 90.8 cm³/mol. The van der Waals surface area contributed by atoms with Crippen molar-refractivity contribution in [1.82, 2.24) is 10.2 Å². The van der Waals surface area contributed by atoms with Crippen LogP contribution in [0.5, 0.6) is 5.75 Å². The van der Waals surface area contributed by atoms with Crippen LogP contribution in [0, 0.1) is 23.6 Å². The second-order valence-corrected chi connectivity index (χ2v) is 7.39. The Balaban J connectivity index is 1.58. The Labute approximate surface area is 147 Å². The van der Waals surface area contributed by atoms with Crippen LogP contribution in [-0.4, -0.2) is 50.8 Å². The number of ether oxygens (including phenoxy) is 2. The van der Waals surface area contributed by atoms with Crippen molar-refractivity contribution < 1.29 is 18.7 Å². The zero-order valence-corrected chi connectivity index (χ0v) is 14.5. The highest BCUT2D eigenvalue weighted by molar-refractivity contribution is 5.80. The van der Waals surface area contributed by atoms with Gasteiger partial charge in [0.2, 0.25) is 5.91 Å². The van der Waals surface area contributed by atoms with Gasteiger partial charge in [-0.25, -0.2) is 4.39 Å². The number of rotatable bonds is 6. The summed E-state index contributed by atoms with van der Waals surface area (Å²) in [5, 5.41) is 2.96. The fourth-order valence-corrected chi connectivity index (χ4v) is 4.20. The van der Waals surface area contributed by atoms with Crippen molar-refractivity contribution in [1.29, 1.82) is 0 Å². The minimum Gasteiger partial charge on any atom is -0.493 e. The van der Waals surface area contributed by atoms with E-state index in [0.717, 1.165) is 23.8 Å². The van der Waals surface area contributed by atoms with E-state index in [1.807, 2.05) is 0 Å². The van der Waals surface area contributed by atoms with Gasteiger partial charge in [-0.1, -0.05) is 0 Å². The molecule has 25 heavy (non-hydrogen) atoms. The number of likely N-dealkylation sites (tertiary alicyclic amines) is 1. The molecule has 5 nitrogen and oxygen atoms in total. The van der Waals surface area contributed by atoms with E-state index in [9.17, 15) is 9.18 Å². The van der Waals surface area contributed by atoms with Gasteiger partial charge in [0.25, 0.3) is 0 Å². The van der Waals surface area contributed by atoms with Gasteiger partial charge in [0.15, 0.2) is 0 Å². The first-order chi connectivity index (χ1) is 12.2. The van der Waals surface area contributed by atoms with E-state index < -0.39 is 0 Å². The Hall–Kier alpha value is -1.66. The minimum atomic E-state index is -0.248. The molecule has 1 N–H and O–H groups in total. The average Bonchev–Trinajstić information content (AvgIpc) is 3.34. The summed E-state index contributed by atoms with van der Waals surface area (Å²) in [5.74, 6) is 1.21. The summed E-state index contributed by atoms with van der Waals surface area (Å²) in [7, 11) is 1.62. The lowest BCUT2D eigenvalue weighted by Crippen LogP contribution is -2.39. The number of nitrogens with zero attached hydrogens (tertiary/aromatic N) is 1. The number of carbonyl (C=O) groups is 1. The van der Waals surface area contributed by atoms with E-state index in [1.165, 1.54) is 18.9 Å². The summed E-state index contributed by atoms with van der Waals surface area (Å²) in [6.45, 7) is 3.22. The van der Waals surface area contributed by atoms with Crippen molar-refractivity contribution in [3.63, 3.8) is 0 Å². The molecule has 1 aromatic carbocycles. The van der Waals surface area contributed by atoms with E-state index in [-0.39, 0.29) is 29.6 Å². The highest BCUT2D eigenvalue weighted by Gasteiger charge is 2.49. The van der Waals surface area contributed by atoms with Gasteiger partial charge in [-0.2, -0.15) is 0 Å². The molecule has 1 aliphatic carbocycles. The maximum atomic E-state index is 13.8. The molecule has 1 saturated carbocycles. The second-order valence-electron chi connectivity index (χ2n) is 7.39. The third-order valence-corrected chi connectivity index (χ3v) is 5.60. The molecule has 1 aromatic rings. The smallest absolute Gasteiger partial charge is 0.224 e. The molecule has 1 amide bonds. The molecule has 136 valence electrons. The fraction of sp³-hybridized carbons (Fsp3) is 0.632. The first-order valence-corrected chi connectivity index (χ1v) is 9.10. The number of amides is 1. The van der Waals surface area contributed by atoms with E-state index >= 15 is 0 Å². The lowest BCUT2D eigenvalue weighted by Gasteiger charge is -2.34. The lowest BCUT2D eigenvalue weighted by molar-refractivity contribution is -0.126. The topological polar surface area (TPSA) is 50.8 Å². The van der Waals surface area contributed by atoms with E-state index in [4.69, 9.17) is 9.47 Å². The molecule has 1 saturated heterocycles. The van der Waals surface area contributed by atoms with Gasteiger partial charge in [-0.05, 0) is 37.0 Å². The third kappa shape index (κ3) is 3.37. The number of nitrogens with one attached hydrogen (secondary N) is 1. The molecule has 6 heteroatoms. The Kier molecular flexibility index (Phi) is 4.65. The second kappa shape index (κ2) is 6.92. The Bertz CT molecular complexity index is 650. The number of carbonyl (C=O) groups excluding carboxylic acids is 1. The molecule has 3 atom stereocenters. The number of halogens is 1. The summed E-state index contributed by atoms with van der Waals surface area (Å²) < 4.78 is 24.7. The van der Waals surface area contributed by atoms with Crippen LogP contribution >= 0.6 is 0 Å². The van der Waals surface area contributed by atoms with E-state index in [0.29, 0.717) is 26.3 Å². The lowest BCUT2D eigenvalue weighted by atomic mass is 9.85. The minimum absolute atomic E-state index is 0.0498. The molecule has 2 aliphatic heterocycles. The maximum Gasteiger partial charge on any atom is 0.224 e. The number of benzene rings is 1. The summed E-state index contributed by atoms with van der Waals surface area (Å²) in [5.41, 5.74) is 0.893. The quantitative estimate of drug-likeness (QED) is 0.799. The Morgan fingerprint density at radius 2 is 2.28 bits per heavy atom. The van der Waals surface area contributed by atoms with Crippen LogP contribution in [-0.2, 0) is 9.53 Å². The van der Waals surface area contributed by atoms with Crippen LogP contribution in [0.3, 0.4) is 0 Å². The number of hydrogen-bond donors (Lipinski definition) is 1. The molecule has 2 fully saturated rings. The molecule has 3 aliphatic rings.